The fourth-order valence-corrected chi connectivity index (χ4v) is 1.95. The average molecular weight is 230 g/mol. The molecule has 0 bridgehead atoms. The van der Waals surface area contributed by atoms with Gasteiger partial charge in [-0.2, -0.15) is 12.6 Å². The first-order chi connectivity index (χ1) is 7.00. The van der Waals surface area contributed by atoms with Crippen LogP contribution in [0.5, 0.6) is 0 Å². The third-order valence-corrected chi connectivity index (χ3v) is 3.70. The second-order valence-electron chi connectivity index (χ2n) is 4.80. The summed E-state index contributed by atoms with van der Waals surface area (Å²) in [6, 6.07) is 0.310. The van der Waals surface area contributed by atoms with Crippen molar-refractivity contribution in [3.8, 4) is 0 Å². The molecule has 4 heteroatoms. The van der Waals surface area contributed by atoms with Gasteiger partial charge in [-0.05, 0) is 32.4 Å². The maximum atomic E-state index is 11.8. The van der Waals surface area contributed by atoms with Crippen LogP contribution in [0.15, 0.2) is 0 Å². The summed E-state index contributed by atoms with van der Waals surface area (Å²) in [5, 5.41) is 2.89. The number of carbonyl (C=O) groups excluding carboxylic acids is 1. The van der Waals surface area contributed by atoms with Gasteiger partial charge < -0.3 is 10.2 Å². The lowest BCUT2D eigenvalue weighted by molar-refractivity contribution is -0.122. The van der Waals surface area contributed by atoms with Crippen LogP contribution in [0.4, 0.5) is 0 Å². The van der Waals surface area contributed by atoms with E-state index in [4.69, 9.17) is 0 Å². The van der Waals surface area contributed by atoms with Gasteiger partial charge in [0.05, 0.1) is 5.25 Å². The van der Waals surface area contributed by atoms with Gasteiger partial charge in [0.2, 0.25) is 5.91 Å². The van der Waals surface area contributed by atoms with Gasteiger partial charge in [0, 0.05) is 12.6 Å². The second kappa shape index (κ2) is 5.75. The summed E-state index contributed by atoms with van der Waals surface area (Å²) >= 11 is 4.32. The third-order valence-electron chi connectivity index (χ3n) is 2.87. The summed E-state index contributed by atoms with van der Waals surface area (Å²) in [4.78, 5) is 14.0. The fourth-order valence-electron chi connectivity index (χ4n) is 1.87. The molecule has 3 nitrogen and oxygen atoms in total. The number of thiol groups is 1. The predicted octanol–water partition coefficient (Wildman–Crippen LogP) is 1.15. The highest BCUT2D eigenvalue weighted by atomic mass is 32.1. The fraction of sp³-hybridized carbons (Fsp3) is 0.909. The molecule has 0 aromatic carbocycles. The molecule has 1 rings (SSSR count). The maximum absolute atomic E-state index is 11.8. The minimum Gasteiger partial charge on any atom is -0.351 e. The molecule has 2 atom stereocenters. The third kappa shape index (κ3) is 4.03. The van der Waals surface area contributed by atoms with Crippen molar-refractivity contribution in [1.29, 1.82) is 0 Å². The normalized spacial score (nSPS) is 25.3. The molecule has 1 aliphatic heterocycles. The van der Waals surface area contributed by atoms with Gasteiger partial charge in [-0.15, -0.1) is 0 Å². The van der Waals surface area contributed by atoms with Crippen LogP contribution in [0.3, 0.4) is 0 Å². The molecule has 1 aliphatic rings. The summed E-state index contributed by atoms with van der Waals surface area (Å²) in [5.41, 5.74) is 0. The Bertz CT molecular complexity index is 221. The molecule has 1 saturated heterocycles. The van der Waals surface area contributed by atoms with Crippen LogP contribution in [-0.2, 0) is 4.79 Å². The Morgan fingerprint density at radius 2 is 2.20 bits per heavy atom. The van der Waals surface area contributed by atoms with Crippen molar-refractivity contribution in [2.24, 2.45) is 5.92 Å². The van der Waals surface area contributed by atoms with Crippen molar-refractivity contribution < 1.29 is 4.79 Å². The number of amides is 1. The number of rotatable bonds is 3. The highest BCUT2D eigenvalue weighted by Gasteiger charge is 2.23. The first kappa shape index (κ1) is 12.8. The summed E-state index contributed by atoms with van der Waals surface area (Å²) in [5.74, 6) is 0.364. The topological polar surface area (TPSA) is 32.3 Å². The second-order valence-corrected chi connectivity index (χ2v) is 5.36. The number of likely N-dealkylation sites (tertiary alicyclic amines) is 1. The lowest BCUT2D eigenvalue weighted by Gasteiger charge is -2.31. The smallest absolute Gasteiger partial charge is 0.233 e. The summed E-state index contributed by atoms with van der Waals surface area (Å²) < 4.78 is 0. The van der Waals surface area contributed by atoms with Crippen LogP contribution in [0.1, 0.15) is 26.7 Å². The Balaban J connectivity index is 2.37. The highest BCUT2D eigenvalue weighted by molar-refractivity contribution is 7.81. The molecule has 0 aliphatic carbocycles. The van der Waals surface area contributed by atoms with Crippen LogP contribution >= 0.6 is 12.6 Å². The number of hydrogen-bond donors (Lipinski definition) is 2. The maximum Gasteiger partial charge on any atom is 0.233 e. The van der Waals surface area contributed by atoms with E-state index in [2.05, 4.69) is 29.9 Å². The van der Waals surface area contributed by atoms with Gasteiger partial charge in [0.25, 0.3) is 0 Å². The van der Waals surface area contributed by atoms with Crippen molar-refractivity contribution in [3.63, 3.8) is 0 Å². The minimum atomic E-state index is -0.183. The van der Waals surface area contributed by atoms with E-state index in [0.29, 0.717) is 6.04 Å². The Kier molecular flexibility index (Phi) is 4.93. The van der Waals surface area contributed by atoms with Gasteiger partial charge in [0.1, 0.15) is 0 Å². The minimum absolute atomic E-state index is 0.0774. The number of carbonyl (C=O) groups is 1. The molecule has 1 heterocycles. The predicted molar refractivity (Wildman–Crippen MR) is 66.3 cm³/mol. The van der Waals surface area contributed by atoms with Gasteiger partial charge in [-0.3, -0.25) is 4.79 Å². The van der Waals surface area contributed by atoms with E-state index in [0.717, 1.165) is 19.5 Å². The van der Waals surface area contributed by atoms with Crippen molar-refractivity contribution in [2.75, 3.05) is 20.1 Å². The molecule has 88 valence electrons. The molecule has 1 amide bonds. The zero-order valence-electron chi connectivity index (χ0n) is 9.86. The van der Waals surface area contributed by atoms with Crippen LogP contribution in [-0.4, -0.2) is 42.2 Å². The molecule has 0 aromatic heterocycles. The quantitative estimate of drug-likeness (QED) is 0.713. The molecule has 2 unspecified atom stereocenters. The van der Waals surface area contributed by atoms with Crippen LogP contribution in [0.25, 0.3) is 0 Å². The molecule has 0 aromatic rings. The first-order valence-corrected chi connectivity index (χ1v) is 6.19. The van der Waals surface area contributed by atoms with E-state index < -0.39 is 0 Å². The SMILES string of the molecule is CC(C)C(S)C(=O)NC1CCCN(C)C1. The molecule has 0 spiro atoms. The molecule has 15 heavy (non-hydrogen) atoms. The van der Waals surface area contributed by atoms with E-state index in [1.54, 1.807) is 0 Å². The molecular weight excluding hydrogens is 208 g/mol. The van der Waals surface area contributed by atoms with Crippen molar-refractivity contribution >= 4 is 18.5 Å². The number of nitrogens with zero attached hydrogens (tertiary/aromatic N) is 1. The lowest BCUT2D eigenvalue weighted by Crippen LogP contribution is -2.49. The lowest BCUT2D eigenvalue weighted by atomic mass is 10.0. The van der Waals surface area contributed by atoms with Crippen LogP contribution in [0, 0.1) is 5.92 Å². The monoisotopic (exact) mass is 230 g/mol. The Morgan fingerprint density at radius 1 is 1.53 bits per heavy atom. The van der Waals surface area contributed by atoms with Crippen molar-refractivity contribution in [3.05, 3.63) is 0 Å². The molecule has 1 N–H and O–H groups in total. The molecule has 0 radical (unpaired) electrons. The molecule has 0 saturated carbocycles. The van der Waals surface area contributed by atoms with Gasteiger partial charge in [-0.25, -0.2) is 0 Å². The number of likely N-dealkylation sites (N-methyl/N-ethyl adjacent to an activating group) is 1. The van der Waals surface area contributed by atoms with Gasteiger partial charge >= 0.3 is 0 Å². The Labute approximate surface area is 98.0 Å². The first-order valence-electron chi connectivity index (χ1n) is 5.67. The largest absolute Gasteiger partial charge is 0.351 e. The Hall–Kier alpha value is -0.220. The highest BCUT2D eigenvalue weighted by Crippen LogP contribution is 2.12. The molecule has 1 fully saturated rings. The van der Waals surface area contributed by atoms with Crippen LogP contribution in [0.2, 0.25) is 0 Å². The molecular formula is C11H22N2OS. The van der Waals surface area contributed by atoms with Crippen molar-refractivity contribution in [1.82, 2.24) is 10.2 Å². The van der Waals surface area contributed by atoms with E-state index in [9.17, 15) is 4.79 Å². The summed E-state index contributed by atoms with van der Waals surface area (Å²) in [6.07, 6.45) is 2.26. The van der Waals surface area contributed by atoms with Gasteiger partial charge in [0.15, 0.2) is 0 Å². The van der Waals surface area contributed by atoms with E-state index in [1.807, 2.05) is 13.8 Å². The van der Waals surface area contributed by atoms with Crippen molar-refractivity contribution in [2.45, 2.75) is 38.0 Å². The van der Waals surface area contributed by atoms with E-state index >= 15 is 0 Å². The standard InChI is InChI=1S/C11H22N2OS/c1-8(2)10(15)11(14)12-9-5-4-6-13(3)7-9/h8-10,15H,4-7H2,1-3H3,(H,12,14). The van der Waals surface area contributed by atoms with Crippen LogP contribution < -0.4 is 5.32 Å². The van der Waals surface area contributed by atoms with Gasteiger partial charge in [-0.1, -0.05) is 13.8 Å². The number of hydrogen-bond acceptors (Lipinski definition) is 3. The zero-order valence-corrected chi connectivity index (χ0v) is 10.8. The number of piperidine rings is 1. The zero-order chi connectivity index (χ0) is 11.4. The summed E-state index contributed by atoms with van der Waals surface area (Å²) in [7, 11) is 2.10. The number of nitrogens with one attached hydrogen (secondary N) is 1. The van der Waals surface area contributed by atoms with E-state index in [1.165, 1.54) is 6.42 Å². The van der Waals surface area contributed by atoms with E-state index in [-0.39, 0.29) is 17.1 Å². The Morgan fingerprint density at radius 3 is 2.73 bits per heavy atom. The average Bonchev–Trinajstić information content (AvgIpc) is 2.16. The summed E-state index contributed by atoms with van der Waals surface area (Å²) in [6.45, 7) is 6.14.